The van der Waals surface area contributed by atoms with Gasteiger partial charge in [-0.25, -0.2) is 29.0 Å². The van der Waals surface area contributed by atoms with Crippen molar-refractivity contribution >= 4 is 67.7 Å². The number of thiazole rings is 2. The van der Waals surface area contributed by atoms with E-state index in [0.717, 1.165) is 55.3 Å². The van der Waals surface area contributed by atoms with E-state index >= 15 is 0 Å². The first-order valence-corrected chi connectivity index (χ1v) is 25.0. The number of hydrogen-bond donors (Lipinski definition) is 0. The van der Waals surface area contributed by atoms with Gasteiger partial charge in [-0.2, -0.15) is 22.0 Å². The number of fused-ring (bicyclic) bond motifs is 4. The first-order chi connectivity index (χ1) is 33.4. The highest BCUT2D eigenvalue weighted by Gasteiger charge is 2.21. The van der Waals surface area contributed by atoms with Crippen LogP contribution >= 0.6 is 34.4 Å². The van der Waals surface area contributed by atoms with Crippen molar-refractivity contribution in [3.05, 3.63) is 141 Å². The van der Waals surface area contributed by atoms with Crippen LogP contribution in [0.5, 0.6) is 23.0 Å². The fraction of sp³-hybridized carbons (Fsp3) is 0.216. The molecule has 12 rings (SSSR count). The molecule has 0 unspecified atom stereocenters. The molecule has 0 saturated carbocycles. The topological polar surface area (TPSA) is 149 Å². The molecule has 3 aromatic carbocycles. The zero-order chi connectivity index (χ0) is 45.7. The van der Waals surface area contributed by atoms with Gasteiger partial charge in [0.1, 0.15) is 63.8 Å². The van der Waals surface area contributed by atoms with Crippen molar-refractivity contribution in [3.63, 3.8) is 0 Å². The van der Waals surface area contributed by atoms with Crippen LogP contribution in [0.1, 0.15) is 52.1 Å². The molecule has 0 radical (unpaired) electrons. The standard InChI is InChI=1S/C51H42N8O6S3/c1-29-7-9-48-54-40(23-58(48)56-29)46-21-38-43(18-37(61-3)19-44(38)64-46)63-26-35-28-68-51(53-35)32-6-4-5-30(15-32)16-33-8-10-49-55-41(24-59(49)57-33)47-22-39-42(17-36(60-2)20-45(39)65-47)62-25-34-27-67-50(52-34)31-11-13-66-14-12-31/h4-10,15,17-24,27-28,31H,11-14,16,25-26H2,1-3H3. The molecule has 1 fully saturated rings. The van der Waals surface area contributed by atoms with Gasteiger partial charge >= 0.3 is 0 Å². The van der Waals surface area contributed by atoms with Crippen molar-refractivity contribution in [2.24, 2.45) is 0 Å². The minimum atomic E-state index is 0.262. The second kappa shape index (κ2) is 17.8. The summed E-state index contributed by atoms with van der Waals surface area (Å²) in [4.78, 5) is 19.5. The van der Waals surface area contributed by atoms with E-state index < -0.39 is 0 Å². The van der Waals surface area contributed by atoms with Gasteiger partial charge in [0.05, 0.1) is 65.2 Å². The number of imidazole rings is 2. The van der Waals surface area contributed by atoms with Gasteiger partial charge in [-0.15, -0.1) is 22.7 Å². The fourth-order valence-electron chi connectivity index (χ4n) is 8.48. The van der Waals surface area contributed by atoms with Crippen molar-refractivity contribution in [2.75, 3.05) is 25.7 Å². The molecule has 0 atom stereocenters. The molecular weight excluding hydrogens is 917 g/mol. The Balaban J connectivity index is 0.729. The molecule has 14 nitrogen and oxygen atoms in total. The van der Waals surface area contributed by atoms with Crippen LogP contribution in [-0.2, 0) is 19.6 Å². The Kier molecular flexibility index (Phi) is 11.0. The Hall–Kier alpha value is -7.21. The average molecular weight is 959 g/mol. The lowest BCUT2D eigenvalue weighted by Crippen LogP contribution is -2.07. The van der Waals surface area contributed by atoms with Gasteiger partial charge in [-0.05, 0) is 79.3 Å². The van der Waals surface area contributed by atoms with E-state index in [1.807, 2.05) is 97.1 Å². The van der Waals surface area contributed by atoms with E-state index in [9.17, 15) is 0 Å². The van der Waals surface area contributed by atoms with E-state index in [1.165, 1.54) is 29.4 Å². The molecule has 0 aliphatic carbocycles. The largest absolute Gasteiger partial charge is 0.496 e. The number of rotatable bonds is 14. The van der Waals surface area contributed by atoms with Crippen molar-refractivity contribution in [1.82, 2.24) is 39.2 Å². The number of ether oxygens (including phenoxy) is 4. The molecule has 0 bridgehead atoms. The number of furan rings is 2. The van der Waals surface area contributed by atoms with Gasteiger partial charge in [0.15, 0.2) is 22.8 Å². The van der Waals surface area contributed by atoms with Crippen LogP contribution in [-0.4, -0.2) is 64.9 Å². The second-order valence-corrected chi connectivity index (χ2v) is 19.6. The summed E-state index contributed by atoms with van der Waals surface area (Å²) in [6, 6.07) is 27.6. The molecule has 68 heavy (non-hydrogen) atoms. The number of thioether (sulfide) groups is 1. The minimum absolute atomic E-state index is 0.262. The smallest absolute Gasteiger partial charge is 0.155 e. The van der Waals surface area contributed by atoms with Gasteiger partial charge < -0.3 is 27.8 Å². The SMILES string of the molecule is COc1cc(OCc2csc(-c3cccc(Cc4ccc5nc(-c6cc7c(OCc8csc(C9CCSCC9)n8)cc(OC)cc7o6)cn5n4)c3)n2)c2cc(-c3cn4nc(C)ccc4n3)oc2c1. The predicted octanol–water partition coefficient (Wildman–Crippen LogP) is 11.9. The van der Waals surface area contributed by atoms with Crippen molar-refractivity contribution in [2.45, 2.75) is 45.3 Å². The highest BCUT2D eigenvalue weighted by Crippen LogP contribution is 2.40. The molecule has 17 heteroatoms. The van der Waals surface area contributed by atoms with Gasteiger partial charge in [-0.3, -0.25) is 0 Å². The first-order valence-electron chi connectivity index (χ1n) is 22.1. The van der Waals surface area contributed by atoms with E-state index in [2.05, 4.69) is 34.7 Å². The van der Waals surface area contributed by atoms with Crippen LogP contribution in [0.15, 0.2) is 117 Å². The Labute approximate surface area is 401 Å². The van der Waals surface area contributed by atoms with E-state index in [0.29, 0.717) is 81.7 Å². The normalized spacial score (nSPS) is 13.3. The Morgan fingerprint density at radius 1 is 0.647 bits per heavy atom. The summed E-state index contributed by atoms with van der Waals surface area (Å²) < 4.78 is 40.2. The lowest BCUT2D eigenvalue weighted by Gasteiger charge is -2.18. The zero-order valence-electron chi connectivity index (χ0n) is 37.2. The third-order valence-electron chi connectivity index (χ3n) is 12.0. The van der Waals surface area contributed by atoms with E-state index in [1.54, 1.807) is 45.9 Å². The van der Waals surface area contributed by atoms with Crippen molar-refractivity contribution in [1.29, 1.82) is 0 Å². The van der Waals surface area contributed by atoms with Gasteiger partial charge in [-0.1, -0.05) is 18.2 Å². The van der Waals surface area contributed by atoms with Crippen LogP contribution in [0.4, 0.5) is 0 Å². The summed E-state index contributed by atoms with van der Waals surface area (Å²) in [5.41, 5.74) is 9.72. The summed E-state index contributed by atoms with van der Waals surface area (Å²) in [5.74, 6) is 6.72. The number of benzene rings is 3. The van der Waals surface area contributed by atoms with Gasteiger partial charge in [0.25, 0.3) is 0 Å². The van der Waals surface area contributed by atoms with Crippen LogP contribution < -0.4 is 18.9 Å². The molecule has 0 spiro atoms. The van der Waals surface area contributed by atoms with Crippen LogP contribution in [0.2, 0.25) is 0 Å². The quantitative estimate of drug-likeness (QED) is 0.102. The summed E-state index contributed by atoms with van der Waals surface area (Å²) in [6.45, 7) is 2.57. The Morgan fingerprint density at radius 3 is 1.96 bits per heavy atom. The molecular formula is C51H42N8O6S3. The summed E-state index contributed by atoms with van der Waals surface area (Å²) >= 11 is 5.34. The van der Waals surface area contributed by atoms with Crippen molar-refractivity contribution < 1.29 is 27.8 Å². The molecule has 0 amide bonds. The third kappa shape index (κ3) is 8.41. The third-order valence-corrected chi connectivity index (χ3v) is 15.0. The lowest BCUT2D eigenvalue weighted by atomic mass is 10.0. The monoisotopic (exact) mass is 958 g/mol. The lowest BCUT2D eigenvalue weighted by molar-refractivity contribution is 0.303. The molecule has 340 valence electrons. The maximum atomic E-state index is 6.39. The molecule has 11 aromatic rings. The number of aryl methyl sites for hydroxylation is 1. The number of methoxy groups -OCH3 is 2. The van der Waals surface area contributed by atoms with Crippen molar-refractivity contribution in [3.8, 4) is 56.5 Å². The highest BCUT2D eigenvalue weighted by molar-refractivity contribution is 7.99. The number of hydrogen-bond acceptors (Lipinski definition) is 15. The summed E-state index contributed by atoms with van der Waals surface area (Å²) in [6.07, 6.45) is 6.75. The van der Waals surface area contributed by atoms with Crippen LogP contribution in [0.25, 0.3) is 66.7 Å². The summed E-state index contributed by atoms with van der Waals surface area (Å²) in [5, 5.41) is 17.4. The van der Waals surface area contributed by atoms with E-state index in [-0.39, 0.29) is 6.61 Å². The molecule has 8 aromatic heterocycles. The molecule has 1 aliphatic heterocycles. The predicted molar refractivity (Wildman–Crippen MR) is 265 cm³/mol. The average Bonchev–Trinajstić information content (AvgIpc) is 4.23. The fourth-order valence-corrected chi connectivity index (χ4v) is 11.4. The maximum Gasteiger partial charge on any atom is 0.155 e. The van der Waals surface area contributed by atoms with Gasteiger partial charge in [0, 0.05) is 52.9 Å². The minimum Gasteiger partial charge on any atom is -0.496 e. The van der Waals surface area contributed by atoms with Crippen LogP contribution in [0, 0.1) is 6.92 Å². The Morgan fingerprint density at radius 2 is 1.28 bits per heavy atom. The van der Waals surface area contributed by atoms with Gasteiger partial charge in [0.2, 0.25) is 0 Å². The Bertz CT molecular complexity index is 3640. The highest BCUT2D eigenvalue weighted by atomic mass is 32.2. The van der Waals surface area contributed by atoms with Crippen LogP contribution in [0.3, 0.4) is 0 Å². The maximum absolute atomic E-state index is 6.39. The summed E-state index contributed by atoms with van der Waals surface area (Å²) in [7, 11) is 3.26. The molecule has 0 N–H and O–H groups in total. The first kappa shape index (κ1) is 42.2. The van der Waals surface area contributed by atoms with E-state index in [4.69, 9.17) is 52.8 Å². The number of nitrogens with zero attached hydrogens (tertiary/aromatic N) is 8. The molecule has 1 saturated heterocycles. The molecule has 9 heterocycles. The second-order valence-electron chi connectivity index (χ2n) is 16.6. The number of aromatic nitrogens is 8. The molecule has 1 aliphatic rings. The zero-order valence-corrected chi connectivity index (χ0v) is 39.6.